The Hall–Kier alpha value is -2.05. The van der Waals surface area contributed by atoms with Gasteiger partial charge in [0, 0.05) is 22.2 Å². The molecule has 1 aliphatic carbocycles. The molecular formula is C18H16N4S2. The van der Waals surface area contributed by atoms with Gasteiger partial charge in [0.25, 0.3) is 0 Å². The number of rotatable bonds is 3. The maximum atomic E-state index is 4.84. The first kappa shape index (κ1) is 14.3. The molecule has 0 radical (unpaired) electrons. The van der Waals surface area contributed by atoms with Gasteiger partial charge in [-0.15, -0.1) is 21.5 Å². The third kappa shape index (κ3) is 2.37. The first-order chi connectivity index (χ1) is 11.9. The number of hydrogen-bond donors (Lipinski definition) is 0. The van der Waals surface area contributed by atoms with Crippen molar-refractivity contribution < 1.29 is 0 Å². The molecule has 0 aliphatic heterocycles. The number of benzene rings is 1. The molecule has 0 bridgehead atoms. The number of hydrogen-bond acceptors (Lipinski definition) is 5. The maximum absolute atomic E-state index is 4.84. The Morgan fingerprint density at radius 2 is 1.92 bits per heavy atom. The number of aromatic nitrogens is 4. The quantitative estimate of drug-likeness (QED) is 0.549. The standard InChI is InChI=1S/C18H16N4S2/c1-2-6-12(7-3-1)10-16-19-20-18-22(16)21-17(24-18)14-11-23-15-9-5-4-8-13(14)15/h1-3,6-7,11H,4-5,8-10H2. The lowest BCUT2D eigenvalue weighted by Crippen LogP contribution is -2.00. The SMILES string of the molecule is c1ccc(Cc2nnc3sc(-c4csc5c4CCCC5)nn23)cc1. The zero-order valence-electron chi connectivity index (χ0n) is 13.1. The zero-order valence-corrected chi connectivity index (χ0v) is 14.7. The highest BCUT2D eigenvalue weighted by Gasteiger charge is 2.20. The number of aryl methyl sites for hydroxylation is 1. The van der Waals surface area contributed by atoms with Crippen molar-refractivity contribution in [2.24, 2.45) is 0 Å². The van der Waals surface area contributed by atoms with E-state index in [-0.39, 0.29) is 0 Å². The first-order valence-electron chi connectivity index (χ1n) is 8.23. The molecule has 1 aliphatic rings. The number of fused-ring (bicyclic) bond motifs is 2. The minimum Gasteiger partial charge on any atom is -0.187 e. The van der Waals surface area contributed by atoms with E-state index in [1.807, 2.05) is 21.9 Å². The highest BCUT2D eigenvalue weighted by Crippen LogP contribution is 2.38. The summed E-state index contributed by atoms with van der Waals surface area (Å²) in [6, 6.07) is 10.4. The van der Waals surface area contributed by atoms with E-state index < -0.39 is 0 Å². The second-order valence-corrected chi connectivity index (χ2v) is 8.06. The van der Waals surface area contributed by atoms with Crippen molar-refractivity contribution in [1.82, 2.24) is 19.8 Å². The Balaban J connectivity index is 1.54. The van der Waals surface area contributed by atoms with E-state index in [0.29, 0.717) is 0 Å². The summed E-state index contributed by atoms with van der Waals surface area (Å²) in [6.45, 7) is 0. The second kappa shape index (κ2) is 5.79. The summed E-state index contributed by atoms with van der Waals surface area (Å²) >= 11 is 3.53. The fourth-order valence-electron chi connectivity index (χ4n) is 3.33. The fraction of sp³-hybridized carbons (Fsp3) is 0.278. The largest absolute Gasteiger partial charge is 0.234 e. The average molecular weight is 352 g/mol. The highest BCUT2D eigenvalue weighted by atomic mass is 32.1. The van der Waals surface area contributed by atoms with Gasteiger partial charge in [-0.05, 0) is 36.8 Å². The van der Waals surface area contributed by atoms with Crippen molar-refractivity contribution in [3.63, 3.8) is 0 Å². The van der Waals surface area contributed by atoms with Gasteiger partial charge in [-0.25, -0.2) is 0 Å². The van der Waals surface area contributed by atoms with E-state index in [9.17, 15) is 0 Å². The lowest BCUT2D eigenvalue weighted by atomic mass is 9.96. The van der Waals surface area contributed by atoms with E-state index in [4.69, 9.17) is 5.10 Å². The van der Waals surface area contributed by atoms with Gasteiger partial charge in [-0.2, -0.15) is 9.61 Å². The minimum absolute atomic E-state index is 0.757. The molecular weight excluding hydrogens is 336 g/mol. The van der Waals surface area contributed by atoms with Gasteiger partial charge in [0.15, 0.2) is 5.82 Å². The predicted octanol–water partition coefficient (Wildman–Crippen LogP) is 4.38. The van der Waals surface area contributed by atoms with Crippen molar-refractivity contribution in [3.05, 3.63) is 57.5 Å². The highest BCUT2D eigenvalue weighted by molar-refractivity contribution is 7.20. The molecule has 4 aromatic rings. The topological polar surface area (TPSA) is 43.1 Å². The van der Waals surface area contributed by atoms with E-state index in [2.05, 4.69) is 39.8 Å². The summed E-state index contributed by atoms with van der Waals surface area (Å²) in [5.74, 6) is 0.905. The molecule has 0 amide bonds. The molecule has 0 N–H and O–H groups in total. The van der Waals surface area contributed by atoms with Gasteiger partial charge in [0.05, 0.1) is 0 Å². The van der Waals surface area contributed by atoms with Crippen LogP contribution >= 0.6 is 22.7 Å². The molecule has 4 nitrogen and oxygen atoms in total. The van der Waals surface area contributed by atoms with Crippen LogP contribution in [0.2, 0.25) is 0 Å². The van der Waals surface area contributed by atoms with E-state index >= 15 is 0 Å². The second-order valence-electron chi connectivity index (χ2n) is 6.14. The lowest BCUT2D eigenvalue weighted by molar-refractivity contribution is 0.698. The molecule has 3 aromatic heterocycles. The third-order valence-electron chi connectivity index (χ3n) is 4.55. The van der Waals surface area contributed by atoms with E-state index in [1.165, 1.54) is 42.4 Å². The predicted molar refractivity (Wildman–Crippen MR) is 97.9 cm³/mol. The van der Waals surface area contributed by atoms with Gasteiger partial charge in [0.2, 0.25) is 4.96 Å². The molecule has 5 rings (SSSR count). The number of thiophene rings is 1. The van der Waals surface area contributed by atoms with Crippen molar-refractivity contribution in [3.8, 4) is 10.6 Å². The molecule has 0 saturated carbocycles. The Bertz CT molecular complexity index is 997. The minimum atomic E-state index is 0.757. The molecule has 24 heavy (non-hydrogen) atoms. The Morgan fingerprint density at radius 1 is 1.04 bits per heavy atom. The van der Waals surface area contributed by atoms with Crippen molar-refractivity contribution in [1.29, 1.82) is 0 Å². The molecule has 0 unspecified atom stereocenters. The number of nitrogens with zero attached hydrogens (tertiary/aromatic N) is 4. The van der Waals surface area contributed by atoms with Crippen LogP contribution in [0.3, 0.4) is 0 Å². The molecule has 6 heteroatoms. The molecule has 3 heterocycles. The molecule has 0 atom stereocenters. The molecule has 120 valence electrons. The van der Waals surface area contributed by atoms with Crippen molar-refractivity contribution in [2.45, 2.75) is 32.1 Å². The molecule has 0 saturated heterocycles. The normalized spacial score (nSPS) is 14.2. The van der Waals surface area contributed by atoms with E-state index in [1.54, 1.807) is 16.2 Å². The van der Waals surface area contributed by atoms with Crippen LogP contribution in [0.5, 0.6) is 0 Å². The first-order valence-corrected chi connectivity index (χ1v) is 9.93. The summed E-state index contributed by atoms with van der Waals surface area (Å²) < 4.78 is 1.92. The summed E-state index contributed by atoms with van der Waals surface area (Å²) in [4.78, 5) is 2.43. The molecule has 1 aromatic carbocycles. The van der Waals surface area contributed by atoms with Crippen LogP contribution in [0.1, 0.15) is 34.7 Å². The summed E-state index contributed by atoms with van der Waals surface area (Å²) in [7, 11) is 0. The maximum Gasteiger partial charge on any atom is 0.234 e. The monoisotopic (exact) mass is 352 g/mol. The van der Waals surface area contributed by atoms with Crippen LogP contribution in [0.4, 0.5) is 0 Å². The van der Waals surface area contributed by atoms with Crippen LogP contribution in [0.25, 0.3) is 15.5 Å². The van der Waals surface area contributed by atoms with Crippen LogP contribution in [-0.4, -0.2) is 19.8 Å². The van der Waals surface area contributed by atoms with Gasteiger partial charge in [0.1, 0.15) is 5.01 Å². The summed E-state index contributed by atoms with van der Waals surface area (Å²) in [6.07, 6.45) is 5.78. The van der Waals surface area contributed by atoms with Gasteiger partial charge in [-0.3, -0.25) is 0 Å². The summed E-state index contributed by atoms with van der Waals surface area (Å²) in [5.41, 5.74) is 4.06. The van der Waals surface area contributed by atoms with Crippen LogP contribution in [0, 0.1) is 0 Å². The van der Waals surface area contributed by atoms with Crippen molar-refractivity contribution >= 4 is 27.6 Å². The third-order valence-corrected chi connectivity index (χ3v) is 6.57. The summed E-state index contributed by atoms with van der Waals surface area (Å²) in [5, 5.41) is 16.8. The lowest BCUT2D eigenvalue weighted by Gasteiger charge is -2.11. The Labute approximate surface area is 147 Å². The van der Waals surface area contributed by atoms with Crippen LogP contribution < -0.4 is 0 Å². The van der Waals surface area contributed by atoms with E-state index in [0.717, 1.165) is 22.2 Å². The van der Waals surface area contributed by atoms with Crippen molar-refractivity contribution in [2.75, 3.05) is 0 Å². The van der Waals surface area contributed by atoms with Crippen LogP contribution in [-0.2, 0) is 19.3 Å². The molecule has 0 spiro atoms. The van der Waals surface area contributed by atoms with Gasteiger partial charge >= 0.3 is 0 Å². The molecule has 0 fully saturated rings. The Morgan fingerprint density at radius 3 is 2.83 bits per heavy atom. The zero-order chi connectivity index (χ0) is 15.9. The van der Waals surface area contributed by atoms with Crippen LogP contribution in [0.15, 0.2) is 35.7 Å². The Kier molecular flexibility index (Phi) is 3.45. The van der Waals surface area contributed by atoms with Gasteiger partial charge in [-0.1, -0.05) is 41.7 Å². The van der Waals surface area contributed by atoms with Gasteiger partial charge < -0.3 is 0 Å². The smallest absolute Gasteiger partial charge is 0.187 e. The fourth-order valence-corrected chi connectivity index (χ4v) is 5.44. The average Bonchev–Trinajstić information content (AvgIpc) is 3.30.